The van der Waals surface area contributed by atoms with Crippen LogP contribution in [0.1, 0.15) is 17.2 Å². The molecular formula is C21H15NO3. The Balaban J connectivity index is 1.81. The highest BCUT2D eigenvalue weighted by molar-refractivity contribution is 5.81. The zero-order chi connectivity index (χ0) is 17.0. The first-order valence-electron chi connectivity index (χ1n) is 8.10. The van der Waals surface area contributed by atoms with E-state index in [1.165, 1.54) is 0 Å². The number of hydrogen-bond donors (Lipinski definition) is 2. The molecule has 0 amide bonds. The molecule has 2 heterocycles. The number of phenols is 2. The summed E-state index contributed by atoms with van der Waals surface area (Å²) >= 11 is 0. The number of benzene rings is 3. The summed E-state index contributed by atoms with van der Waals surface area (Å²) in [7, 11) is 0. The Morgan fingerprint density at radius 3 is 2.08 bits per heavy atom. The molecule has 0 bridgehead atoms. The Labute approximate surface area is 144 Å². The van der Waals surface area contributed by atoms with Gasteiger partial charge in [-0.15, -0.1) is 0 Å². The van der Waals surface area contributed by atoms with Gasteiger partial charge in [-0.3, -0.25) is 0 Å². The summed E-state index contributed by atoms with van der Waals surface area (Å²) < 4.78 is 8.14. The number of fused-ring (bicyclic) bond motifs is 3. The van der Waals surface area contributed by atoms with E-state index < -0.39 is 0 Å². The van der Waals surface area contributed by atoms with E-state index in [1.54, 1.807) is 24.3 Å². The monoisotopic (exact) mass is 329 g/mol. The summed E-state index contributed by atoms with van der Waals surface area (Å²) in [6.45, 7) is 0. The minimum atomic E-state index is -0.0974. The number of para-hydroxylation sites is 1. The topological polar surface area (TPSA) is 54.6 Å². The lowest BCUT2D eigenvalue weighted by atomic mass is 9.94. The van der Waals surface area contributed by atoms with Crippen LogP contribution in [0.5, 0.6) is 23.0 Å². The van der Waals surface area contributed by atoms with Crippen LogP contribution in [0, 0.1) is 0 Å². The molecule has 0 unspecified atom stereocenters. The maximum Gasteiger partial charge on any atom is 0.136 e. The summed E-state index contributed by atoms with van der Waals surface area (Å²) in [6, 6.07) is 20.6. The Morgan fingerprint density at radius 2 is 1.40 bits per heavy atom. The molecule has 0 aliphatic carbocycles. The lowest BCUT2D eigenvalue weighted by Crippen LogP contribution is -2.17. The number of ether oxygens (including phenoxy) is 1. The van der Waals surface area contributed by atoms with Crippen molar-refractivity contribution in [1.82, 2.24) is 4.57 Å². The van der Waals surface area contributed by atoms with Gasteiger partial charge in [0.15, 0.2) is 0 Å². The van der Waals surface area contributed by atoms with Crippen molar-refractivity contribution in [2.24, 2.45) is 0 Å². The second kappa shape index (κ2) is 5.05. The Morgan fingerprint density at radius 1 is 0.760 bits per heavy atom. The molecule has 1 aliphatic rings. The summed E-state index contributed by atoms with van der Waals surface area (Å²) in [4.78, 5) is 0. The van der Waals surface area contributed by atoms with Crippen LogP contribution in [0.2, 0.25) is 0 Å². The summed E-state index contributed by atoms with van der Waals surface area (Å²) in [5.74, 6) is 1.50. The van der Waals surface area contributed by atoms with E-state index in [4.69, 9.17) is 4.74 Å². The number of hydrogen-bond acceptors (Lipinski definition) is 3. The van der Waals surface area contributed by atoms with Crippen LogP contribution < -0.4 is 4.74 Å². The molecular weight excluding hydrogens is 314 g/mol. The van der Waals surface area contributed by atoms with Gasteiger partial charge >= 0.3 is 0 Å². The van der Waals surface area contributed by atoms with E-state index in [0.717, 1.165) is 22.0 Å². The molecule has 5 rings (SSSR count). The molecule has 0 fully saturated rings. The zero-order valence-electron chi connectivity index (χ0n) is 13.3. The van der Waals surface area contributed by atoms with Crippen LogP contribution in [-0.2, 0) is 0 Å². The van der Waals surface area contributed by atoms with Gasteiger partial charge in [0.1, 0.15) is 23.0 Å². The van der Waals surface area contributed by atoms with E-state index in [2.05, 4.69) is 29.0 Å². The summed E-state index contributed by atoms with van der Waals surface area (Å²) in [5.41, 5.74) is 3.06. The van der Waals surface area contributed by atoms with Crippen LogP contribution in [0.25, 0.3) is 10.9 Å². The molecule has 0 saturated carbocycles. The maximum absolute atomic E-state index is 9.84. The fraction of sp³-hybridized carbons (Fsp3) is 0.0476. The van der Waals surface area contributed by atoms with Crippen molar-refractivity contribution in [2.45, 2.75) is 6.04 Å². The second-order valence-electron chi connectivity index (χ2n) is 6.23. The van der Waals surface area contributed by atoms with Crippen molar-refractivity contribution >= 4 is 10.9 Å². The maximum atomic E-state index is 9.84. The fourth-order valence-electron chi connectivity index (χ4n) is 3.59. The van der Waals surface area contributed by atoms with Gasteiger partial charge in [0, 0.05) is 35.0 Å². The normalized spacial score (nSPS) is 13.3. The lowest BCUT2D eigenvalue weighted by Gasteiger charge is -2.30. The quantitative estimate of drug-likeness (QED) is 0.465. The third-order valence-electron chi connectivity index (χ3n) is 4.71. The largest absolute Gasteiger partial charge is 0.508 e. The number of aromatic nitrogens is 1. The van der Waals surface area contributed by atoms with Gasteiger partial charge in [-0.05, 0) is 41.8 Å². The van der Waals surface area contributed by atoms with Crippen LogP contribution in [0.4, 0.5) is 0 Å². The van der Waals surface area contributed by atoms with Crippen molar-refractivity contribution in [2.75, 3.05) is 0 Å². The molecule has 0 radical (unpaired) electrons. The fourth-order valence-corrected chi connectivity index (χ4v) is 3.59. The molecule has 122 valence electrons. The Bertz CT molecular complexity index is 1060. The van der Waals surface area contributed by atoms with Crippen LogP contribution in [0.3, 0.4) is 0 Å². The summed E-state index contributed by atoms with van der Waals surface area (Å²) in [5, 5.41) is 20.8. The first-order chi connectivity index (χ1) is 12.2. The molecule has 1 aliphatic heterocycles. The molecule has 3 aromatic carbocycles. The van der Waals surface area contributed by atoms with Gasteiger partial charge in [0.2, 0.25) is 0 Å². The van der Waals surface area contributed by atoms with Crippen molar-refractivity contribution < 1.29 is 14.9 Å². The highest BCUT2D eigenvalue weighted by Gasteiger charge is 2.29. The zero-order valence-corrected chi connectivity index (χ0v) is 13.3. The van der Waals surface area contributed by atoms with E-state index in [0.29, 0.717) is 11.5 Å². The van der Waals surface area contributed by atoms with Gasteiger partial charge in [-0.1, -0.05) is 18.2 Å². The molecule has 1 aromatic heterocycles. The SMILES string of the molecule is Oc1ccc2c(c1)Oc1cc(O)ccc1C2n1ccc2ccccc21. The van der Waals surface area contributed by atoms with Crippen LogP contribution in [0.15, 0.2) is 72.9 Å². The van der Waals surface area contributed by atoms with Gasteiger partial charge < -0.3 is 19.5 Å². The smallest absolute Gasteiger partial charge is 0.136 e. The van der Waals surface area contributed by atoms with Crippen molar-refractivity contribution in [3.8, 4) is 23.0 Å². The second-order valence-corrected chi connectivity index (χ2v) is 6.23. The van der Waals surface area contributed by atoms with E-state index >= 15 is 0 Å². The molecule has 0 saturated heterocycles. The van der Waals surface area contributed by atoms with Crippen molar-refractivity contribution in [3.63, 3.8) is 0 Å². The average molecular weight is 329 g/mol. The molecule has 4 aromatic rings. The number of rotatable bonds is 1. The third kappa shape index (κ3) is 2.08. The summed E-state index contributed by atoms with van der Waals surface area (Å²) in [6.07, 6.45) is 2.06. The Kier molecular flexibility index (Phi) is 2.82. The number of phenolic OH excluding ortho intramolecular Hbond substituents is 2. The molecule has 4 nitrogen and oxygen atoms in total. The van der Waals surface area contributed by atoms with Gasteiger partial charge in [0.05, 0.1) is 6.04 Å². The van der Waals surface area contributed by atoms with E-state index in [1.807, 2.05) is 24.3 Å². The first-order valence-corrected chi connectivity index (χ1v) is 8.10. The van der Waals surface area contributed by atoms with E-state index in [9.17, 15) is 10.2 Å². The number of aromatic hydroxyl groups is 2. The Hall–Kier alpha value is -3.40. The van der Waals surface area contributed by atoms with Gasteiger partial charge in [0.25, 0.3) is 0 Å². The minimum Gasteiger partial charge on any atom is -0.508 e. The standard InChI is InChI=1S/C21H15NO3/c23-14-5-7-16-19(11-14)25-20-12-15(24)6-8-17(20)21(16)22-10-9-13-3-1-2-4-18(13)22/h1-12,21,23-24H. The van der Waals surface area contributed by atoms with Gasteiger partial charge in [-0.25, -0.2) is 0 Å². The lowest BCUT2D eigenvalue weighted by molar-refractivity contribution is 0.417. The predicted octanol–water partition coefficient (Wildman–Crippen LogP) is 4.80. The van der Waals surface area contributed by atoms with Crippen molar-refractivity contribution in [1.29, 1.82) is 0 Å². The molecule has 25 heavy (non-hydrogen) atoms. The van der Waals surface area contributed by atoms with E-state index in [-0.39, 0.29) is 17.5 Å². The highest BCUT2D eigenvalue weighted by Crippen LogP contribution is 2.47. The van der Waals surface area contributed by atoms with Gasteiger partial charge in [-0.2, -0.15) is 0 Å². The molecule has 0 spiro atoms. The average Bonchev–Trinajstić information content (AvgIpc) is 3.03. The predicted molar refractivity (Wildman–Crippen MR) is 95.5 cm³/mol. The van der Waals surface area contributed by atoms with Crippen molar-refractivity contribution in [3.05, 3.63) is 84.1 Å². The third-order valence-corrected chi connectivity index (χ3v) is 4.71. The number of nitrogens with zero attached hydrogens (tertiary/aromatic N) is 1. The molecule has 4 heteroatoms. The van der Waals surface area contributed by atoms with Crippen LogP contribution in [-0.4, -0.2) is 14.8 Å². The molecule has 2 N–H and O–H groups in total. The van der Waals surface area contributed by atoms with Crippen LogP contribution >= 0.6 is 0 Å². The highest BCUT2D eigenvalue weighted by atomic mass is 16.5. The molecule has 0 atom stereocenters. The first kappa shape index (κ1) is 14.0. The minimum absolute atomic E-state index is 0.0974.